The Morgan fingerprint density at radius 1 is 0.935 bits per heavy atom. The summed E-state index contributed by atoms with van der Waals surface area (Å²) in [5.41, 5.74) is -2.61. The van der Waals surface area contributed by atoms with Crippen LogP contribution in [0.15, 0.2) is 46.0 Å². The van der Waals surface area contributed by atoms with E-state index in [0.717, 1.165) is 4.57 Å². The molecule has 0 bridgehead atoms. The number of nitrogen functional groups attached to an aromatic ring is 1. The molecule has 3 aromatic rings. The van der Waals surface area contributed by atoms with Crippen LogP contribution in [0.25, 0.3) is 10.9 Å². The summed E-state index contributed by atoms with van der Waals surface area (Å²) in [6, 6.07) is 5.81. The maximum atomic E-state index is 14.4. The number of aromatic nitrogens is 2. The van der Waals surface area contributed by atoms with E-state index in [-0.39, 0.29) is 24.2 Å². The average molecular weight is 449 g/mol. The molecule has 1 heterocycles. The van der Waals surface area contributed by atoms with E-state index in [1.165, 1.54) is 0 Å². The summed E-state index contributed by atoms with van der Waals surface area (Å²) >= 11 is 0. The van der Waals surface area contributed by atoms with Gasteiger partial charge in [0, 0.05) is 11.3 Å². The first-order valence-electron chi connectivity index (χ1n) is 8.61. The molecule has 0 atom stereocenters. The molecule has 0 fully saturated rings. The number of alkyl halides is 7. The number of aryl methyl sites for hydroxylation is 1. The molecule has 0 saturated heterocycles. The Hall–Kier alpha value is -3.31. The standard InChI is InChI=1S/C19H14F7N3O2/c1-9-6-10(2-4-13(9)27)8-29-14-5-3-11(7-12(14)15(30)28-16(29)31)17(20,18(21,22)23)19(24,25)26/h2-7H,8,27H2,1H3,(H,28,30,31). The maximum Gasteiger partial charge on any atom is 0.435 e. The van der Waals surface area contributed by atoms with E-state index in [4.69, 9.17) is 5.73 Å². The number of halogens is 7. The van der Waals surface area contributed by atoms with Gasteiger partial charge in [0.25, 0.3) is 5.56 Å². The van der Waals surface area contributed by atoms with Gasteiger partial charge in [-0.1, -0.05) is 18.2 Å². The first kappa shape index (κ1) is 22.4. The van der Waals surface area contributed by atoms with Crippen molar-refractivity contribution >= 4 is 16.6 Å². The van der Waals surface area contributed by atoms with Gasteiger partial charge < -0.3 is 5.73 Å². The van der Waals surface area contributed by atoms with Crippen LogP contribution in [0.3, 0.4) is 0 Å². The van der Waals surface area contributed by atoms with Crippen molar-refractivity contribution in [3.8, 4) is 0 Å². The summed E-state index contributed by atoms with van der Waals surface area (Å²) in [5.74, 6) is 0. The van der Waals surface area contributed by atoms with E-state index in [2.05, 4.69) is 0 Å². The van der Waals surface area contributed by atoms with Crippen molar-refractivity contribution < 1.29 is 30.7 Å². The molecule has 0 radical (unpaired) electrons. The van der Waals surface area contributed by atoms with E-state index in [1.807, 2.05) is 4.98 Å². The van der Waals surface area contributed by atoms with Crippen LogP contribution in [0.4, 0.5) is 36.4 Å². The van der Waals surface area contributed by atoms with Gasteiger partial charge in [0.15, 0.2) is 0 Å². The summed E-state index contributed by atoms with van der Waals surface area (Å²) in [6.07, 6.45) is -12.7. The molecule has 0 unspecified atom stereocenters. The van der Waals surface area contributed by atoms with Crippen LogP contribution in [-0.2, 0) is 12.2 Å². The predicted molar refractivity (Wildman–Crippen MR) is 98.4 cm³/mol. The Morgan fingerprint density at radius 2 is 1.55 bits per heavy atom. The van der Waals surface area contributed by atoms with Crippen molar-refractivity contribution in [2.24, 2.45) is 0 Å². The lowest BCUT2D eigenvalue weighted by Gasteiger charge is -2.30. The minimum atomic E-state index is -6.33. The van der Waals surface area contributed by atoms with E-state index in [9.17, 15) is 40.3 Å². The molecule has 5 nitrogen and oxygen atoms in total. The average Bonchev–Trinajstić information content (AvgIpc) is 2.65. The van der Waals surface area contributed by atoms with Crippen molar-refractivity contribution in [3.63, 3.8) is 0 Å². The van der Waals surface area contributed by atoms with Crippen molar-refractivity contribution in [1.82, 2.24) is 9.55 Å². The highest BCUT2D eigenvalue weighted by Gasteiger charge is 2.73. The van der Waals surface area contributed by atoms with Crippen molar-refractivity contribution in [3.05, 3.63) is 73.9 Å². The van der Waals surface area contributed by atoms with Gasteiger partial charge in [-0.2, -0.15) is 26.3 Å². The number of nitrogens with zero attached hydrogens (tertiary/aromatic N) is 1. The number of H-pyrrole nitrogens is 1. The maximum absolute atomic E-state index is 14.4. The Balaban J connectivity index is 2.24. The lowest BCUT2D eigenvalue weighted by molar-refractivity contribution is -0.348. The molecule has 0 aliphatic rings. The lowest BCUT2D eigenvalue weighted by Crippen LogP contribution is -2.50. The molecular formula is C19H14F7N3O2. The normalized spacial score (nSPS) is 13.0. The minimum Gasteiger partial charge on any atom is -0.399 e. The van der Waals surface area contributed by atoms with Gasteiger partial charge in [0.1, 0.15) is 0 Å². The molecular weight excluding hydrogens is 435 g/mol. The first-order valence-corrected chi connectivity index (χ1v) is 8.61. The third-order valence-corrected chi connectivity index (χ3v) is 4.85. The van der Waals surface area contributed by atoms with E-state index in [1.54, 1.807) is 25.1 Å². The lowest BCUT2D eigenvalue weighted by atomic mass is 9.93. The highest BCUT2D eigenvalue weighted by atomic mass is 19.4. The molecule has 0 saturated carbocycles. The quantitative estimate of drug-likeness (QED) is 0.470. The van der Waals surface area contributed by atoms with Gasteiger partial charge in [-0.15, -0.1) is 0 Å². The number of aromatic amines is 1. The van der Waals surface area contributed by atoms with Crippen LogP contribution >= 0.6 is 0 Å². The van der Waals surface area contributed by atoms with E-state index < -0.39 is 40.2 Å². The van der Waals surface area contributed by atoms with Crippen LogP contribution in [-0.4, -0.2) is 21.9 Å². The van der Waals surface area contributed by atoms with Gasteiger partial charge in [-0.3, -0.25) is 14.3 Å². The highest BCUT2D eigenvalue weighted by molar-refractivity contribution is 5.79. The highest BCUT2D eigenvalue weighted by Crippen LogP contribution is 2.53. The number of nitrogens with two attached hydrogens (primary N) is 1. The molecule has 3 rings (SSSR count). The molecule has 166 valence electrons. The van der Waals surface area contributed by atoms with E-state index >= 15 is 0 Å². The molecule has 0 aliphatic carbocycles. The largest absolute Gasteiger partial charge is 0.435 e. The molecule has 0 spiro atoms. The first-order chi connectivity index (χ1) is 14.2. The smallest absolute Gasteiger partial charge is 0.399 e. The van der Waals surface area contributed by atoms with Crippen LogP contribution in [0.5, 0.6) is 0 Å². The number of anilines is 1. The molecule has 0 amide bonds. The molecule has 3 N–H and O–H groups in total. The van der Waals surface area contributed by atoms with Gasteiger partial charge in [-0.05, 0) is 36.2 Å². The predicted octanol–water partition coefficient (Wildman–Crippen LogP) is 3.92. The Labute approximate surface area is 168 Å². The molecule has 2 aromatic carbocycles. The second kappa shape index (κ2) is 7.13. The summed E-state index contributed by atoms with van der Waals surface area (Å²) in [6.45, 7) is 1.51. The Kier molecular flexibility index (Phi) is 5.15. The van der Waals surface area contributed by atoms with Gasteiger partial charge in [0.05, 0.1) is 17.4 Å². The minimum absolute atomic E-state index is 0.152. The van der Waals surface area contributed by atoms with Crippen molar-refractivity contribution in [1.29, 1.82) is 0 Å². The number of hydrogen-bond acceptors (Lipinski definition) is 3. The second-order valence-corrected chi connectivity index (χ2v) is 6.92. The fourth-order valence-electron chi connectivity index (χ4n) is 3.17. The molecule has 0 aliphatic heterocycles. The monoisotopic (exact) mass is 449 g/mol. The molecule has 12 heteroatoms. The van der Waals surface area contributed by atoms with Crippen LogP contribution in [0.2, 0.25) is 0 Å². The number of hydrogen-bond donors (Lipinski definition) is 2. The Bertz CT molecular complexity index is 1260. The van der Waals surface area contributed by atoms with Gasteiger partial charge in [0.2, 0.25) is 0 Å². The Morgan fingerprint density at radius 3 is 2.10 bits per heavy atom. The van der Waals surface area contributed by atoms with E-state index in [0.29, 0.717) is 22.9 Å². The fraction of sp³-hybridized carbons (Fsp3) is 0.263. The van der Waals surface area contributed by atoms with Crippen molar-refractivity contribution in [2.75, 3.05) is 5.73 Å². The zero-order valence-electron chi connectivity index (χ0n) is 15.7. The summed E-state index contributed by atoms with van der Waals surface area (Å²) in [5, 5.41) is -0.709. The fourth-order valence-corrected chi connectivity index (χ4v) is 3.17. The number of benzene rings is 2. The van der Waals surface area contributed by atoms with Crippen LogP contribution in [0.1, 0.15) is 16.7 Å². The second-order valence-electron chi connectivity index (χ2n) is 6.92. The summed E-state index contributed by atoms with van der Waals surface area (Å²) in [7, 11) is 0. The van der Waals surface area contributed by atoms with Gasteiger partial charge >= 0.3 is 23.7 Å². The number of nitrogens with one attached hydrogen (secondary N) is 1. The third-order valence-electron chi connectivity index (χ3n) is 4.85. The summed E-state index contributed by atoms with van der Waals surface area (Å²) in [4.78, 5) is 26.2. The zero-order chi connectivity index (χ0) is 23.4. The van der Waals surface area contributed by atoms with Crippen LogP contribution in [0, 0.1) is 6.92 Å². The number of fused-ring (bicyclic) bond motifs is 1. The topological polar surface area (TPSA) is 80.9 Å². The molecule has 31 heavy (non-hydrogen) atoms. The van der Waals surface area contributed by atoms with Crippen molar-refractivity contribution in [2.45, 2.75) is 31.5 Å². The molecule has 1 aromatic heterocycles. The van der Waals surface area contributed by atoms with Gasteiger partial charge in [-0.25, -0.2) is 9.18 Å². The number of rotatable bonds is 3. The zero-order valence-corrected chi connectivity index (χ0v) is 15.7. The SMILES string of the molecule is Cc1cc(Cn2c(=O)[nH]c(=O)c3cc(C(F)(C(F)(F)F)C(F)(F)F)ccc32)ccc1N. The summed E-state index contributed by atoms with van der Waals surface area (Å²) < 4.78 is 93.6. The van der Waals surface area contributed by atoms with Crippen LogP contribution < -0.4 is 17.0 Å². The third kappa shape index (κ3) is 3.66.